The van der Waals surface area contributed by atoms with Crippen LogP contribution in [-0.4, -0.2) is 15.3 Å². The molecule has 1 aromatic carbocycles. The van der Waals surface area contributed by atoms with Crippen LogP contribution in [0.5, 0.6) is 0 Å². The predicted molar refractivity (Wildman–Crippen MR) is 82.8 cm³/mol. The molecule has 5 heteroatoms. The number of hydrogen-bond acceptors (Lipinski definition) is 3. The molecule has 102 valence electrons. The summed E-state index contributed by atoms with van der Waals surface area (Å²) in [6.07, 6.45) is 0.281. The molecule has 3 aromatic rings. The maximum atomic E-state index is 12.3. The third kappa shape index (κ3) is 2.25. The van der Waals surface area contributed by atoms with Gasteiger partial charge in [-0.25, -0.2) is 4.98 Å². The third-order valence-corrected chi connectivity index (χ3v) is 4.62. The van der Waals surface area contributed by atoms with Gasteiger partial charge in [-0.05, 0) is 30.5 Å². The van der Waals surface area contributed by atoms with E-state index in [0.717, 1.165) is 23.4 Å². The lowest BCUT2D eigenvalue weighted by Gasteiger charge is -2.05. The first-order valence-corrected chi connectivity index (χ1v) is 7.66. The summed E-state index contributed by atoms with van der Waals surface area (Å²) in [5.41, 5.74) is 1.99. The number of para-hydroxylation sites is 2. The Morgan fingerprint density at radius 2 is 2.15 bits per heavy atom. The zero-order valence-electron chi connectivity index (χ0n) is 11.0. The number of hydrogen-bond donors (Lipinski definition) is 0. The minimum absolute atomic E-state index is 0.0232. The van der Waals surface area contributed by atoms with E-state index in [-0.39, 0.29) is 12.2 Å². The van der Waals surface area contributed by atoms with Crippen molar-refractivity contribution in [3.63, 3.8) is 0 Å². The van der Waals surface area contributed by atoms with Gasteiger partial charge in [0.15, 0.2) is 5.78 Å². The molecule has 0 saturated carbocycles. The molecule has 0 saturated heterocycles. The number of carbonyl (C=O) groups is 1. The van der Waals surface area contributed by atoms with Crippen molar-refractivity contribution in [2.75, 3.05) is 0 Å². The van der Waals surface area contributed by atoms with E-state index < -0.39 is 0 Å². The van der Waals surface area contributed by atoms with Crippen molar-refractivity contribution in [1.29, 1.82) is 0 Å². The van der Waals surface area contributed by atoms with Gasteiger partial charge in [-0.3, -0.25) is 4.79 Å². The summed E-state index contributed by atoms with van der Waals surface area (Å²) < 4.78 is 2.08. The van der Waals surface area contributed by atoms with Gasteiger partial charge in [-0.15, -0.1) is 11.3 Å². The summed E-state index contributed by atoms with van der Waals surface area (Å²) in [4.78, 5) is 17.5. The molecule has 0 amide bonds. The first kappa shape index (κ1) is 13.3. The van der Waals surface area contributed by atoms with Gasteiger partial charge in [0.25, 0.3) is 0 Å². The van der Waals surface area contributed by atoms with Gasteiger partial charge in [0.1, 0.15) is 5.82 Å². The first-order chi connectivity index (χ1) is 9.70. The number of aromatic nitrogens is 2. The number of halogens is 1. The molecule has 0 fully saturated rings. The molecule has 0 aliphatic rings. The fourth-order valence-corrected chi connectivity index (χ4v) is 3.43. The summed E-state index contributed by atoms with van der Waals surface area (Å²) in [5, 5.41) is 2.36. The van der Waals surface area contributed by atoms with E-state index >= 15 is 0 Å². The van der Waals surface area contributed by atoms with Crippen molar-refractivity contribution in [2.45, 2.75) is 19.9 Å². The van der Waals surface area contributed by atoms with Crippen molar-refractivity contribution < 1.29 is 4.79 Å². The maximum Gasteiger partial charge on any atom is 0.181 e. The average molecular weight is 305 g/mol. The zero-order valence-corrected chi connectivity index (χ0v) is 12.5. The van der Waals surface area contributed by atoms with Gasteiger partial charge in [-0.1, -0.05) is 23.7 Å². The summed E-state index contributed by atoms with van der Waals surface area (Å²) in [5.74, 6) is 0.818. The normalized spacial score (nSPS) is 11.1. The van der Waals surface area contributed by atoms with Crippen LogP contribution in [0.25, 0.3) is 11.0 Å². The van der Waals surface area contributed by atoms with Crippen molar-refractivity contribution in [3.05, 3.63) is 51.4 Å². The summed E-state index contributed by atoms with van der Waals surface area (Å²) in [6.45, 7) is 2.85. The van der Waals surface area contributed by atoms with Crippen molar-refractivity contribution in [2.24, 2.45) is 0 Å². The Morgan fingerprint density at radius 3 is 2.85 bits per heavy atom. The van der Waals surface area contributed by atoms with Crippen LogP contribution in [-0.2, 0) is 13.0 Å². The lowest BCUT2D eigenvalue weighted by molar-refractivity contribution is 0.0994. The van der Waals surface area contributed by atoms with Crippen LogP contribution >= 0.6 is 22.9 Å². The van der Waals surface area contributed by atoms with Crippen LogP contribution in [0.1, 0.15) is 22.4 Å². The number of imidazole rings is 1. The van der Waals surface area contributed by atoms with Crippen LogP contribution in [0, 0.1) is 0 Å². The number of benzene rings is 1. The number of ketones is 1. The summed E-state index contributed by atoms with van der Waals surface area (Å²) >= 11 is 7.39. The molecule has 3 nitrogen and oxygen atoms in total. The van der Waals surface area contributed by atoms with Gasteiger partial charge < -0.3 is 4.57 Å². The van der Waals surface area contributed by atoms with Crippen LogP contribution in [0.3, 0.4) is 0 Å². The Bertz CT molecular complexity index is 775. The molecular weight excluding hydrogens is 292 g/mol. The van der Waals surface area contributed by atoms with E-state index in [0.29, 0.717) is 9.90 Å². The Morgan fingerprint density at radius 1 is 1.35 bits per heavy atom. The second-order valence-electron chi connectivity index (χ2n) is 4.46. The highest BCUT2D eigenvalue weighted by Crippen LogP contribution is 2.24. The largest absolute Gasteiger partial charge is 0.328 e. The number of thiophene rings is 1. The molecule has 0 radical (unpaired) electrons. The SMILES string of the molecule is CCn1c(CC(=O)c2sccc2Cl)nc2ccccc21. The fourth-order valence-electron chi connectivity index (χ4n) is 2.33. The molecule has 0 bridgehead atoms. The van der Waals surface area contributed by atoms with Crippen LogP contribution < -0.4 is 0 Å². The number of rotatable bonds is 4. The van der Waals surface area contributed by atoms with Gasteiger partial charge in [0.05, 0.1) is 27.4 Å². The summed E-state index contributed by atoms with van der Waals surface area (Å²) in [7, 11) is 0. The Kier molecular flexibility index (Phi) is 3.59. The molecule has 2 heterocycles. The highest BCUT2D eigenvalue weighted by molar-refractivity contribution is 7.12. The van der Waals surface area contributed by atoms with E-state index in [4.69, 9.17) is 11.6 Å². The van der Waals surface area contributed by atoms with E-state index in [9.17, 15) is 4.79 Å². The quantitative estimate of drug-likeness (QED) is 0.677. The number of Topliss-reactive ketones (excluding diaryl/α,β-unsaturated/α-hetero) is 1. The van der Waals surface area contributed by atoms with Gasteiger partial charge in [-0.2, -0.15) is 0 Å². The maximum absolute atomic E-state index is 12.3. The second kappa shape index (κ2) is 5.38. The molecular formula is C15H13ClN2OS. The number of fused-ring (bicyclic) bond motifs is 1. The third-order valence-electron chi connectivity index (χ3n) is 3.24. The molecule has 0 unspecified atom stereocenters. The van der Waals surface area contributed by atoms with E-state index in [1.54, 1.807) is 6.07 Å². The minimum Gasteiger partial charge on any atom is -0.328 e. The monoisotopic (exact) mass is 304 g/mol. The molecule has 0 aliphatic carbocycles. The molecule has 3 rings (SSSR count). The number of nitrogens with zero attached hydrogens (tertiary/aromatic N) is 2. The van der Waals surface area contributed by atoms with E-state index in [2.05, 4.69) is 16.5 Å². The van der Waals surface area contributed by atoms with Crippen molar-refractivity contribution in [1.82, 2.24) is 9.55 Å². The minimum atomic E-state index is 0.0232. The standard InChI is InChI=1S/C15H13ClN2OS/c1-2-18-12-6-4-3-5-11(12)17-14(18)9-13(19)15-10(16)7-8-20-15/h3-8H,2,9H2,1H3. The van der Waals surface area contributed by atoms with Crippen LogP contribution in [0.2, 0.25) is 5.02 Å². The lowest BCUT2D eigenvalue weighted by atomic mass is 10.2. The second-order valence-corrected chi connectivity index (χ2v) is 5.78. The van der Waals surface area contributed by atoms with Crippen molar-refractivity contribution in [3.8, 4) is 0 Å². The van der Waals surface area contributed by atoms with Gasteiger partial charge >= 0.3 is 0 Å². The van der Waals surface area contributed by atoms with Crippen LogP contribution in [0.15, 0.2) is 35.7 Å². The van der Waals surface area contributed by atoms with Crippen LogP contribution in [0.4, 0.5) is 0 Å². The molecule has 0 atom stereocenters. The molecule has 2 aromatic heterocycles. The number of aryl methyl sites for hydroxylation is 1. The topological polar surface area (TPSA) is 34.9 Å². The van der Waals surface area contributed by atoms with E-state index in [1.807, 2.05) is 29.6 Å². The smallest absolute Gasteiger partial charge is 0.181 e. The number of carbonyl (C=O) groups excluding carboxylic acids is 1. The fraction of sp³-hybridized carbons (Fsp3) is 0.200. The Labute approximate surface area is 125 Å². The predicted octanol–water partition coefficient (Wildman–Crippen LogP) is 4.20. The van der Waals surface area contributed by atoms with Gasteiger partial charge in [0.2, 0.25) is 0 Å². The van der Waals surface area contributed by atoms with E-state index in [1.165, 1.54) is 11.3 Å². The Balaban J connectivity index is 1.99. The molecule has 20 heavy (non-hydrogen) atoms. The molecule has 0 aliphatic heterocycles. The zero-order chi connectivity index (χ0) is 14.1. The Hall–Kier alpha value is -1.65. The van der Waals surface area contributed by atoms with Crippen molar-refractivity contribution >= 4 is 39.8 Å². The van der Waals surface area contributed by atoms with Gasteiger partial charge in [0, 0.05) is 6.54 Å². The lowest BCUT2D eigenvalue weighted by Crippen LogP contribution is -2.09. The average Bonchev–Trinajstić information content (AvgIpc) is 3.01. The first-order valence-electron chi connectivity index (χ1n) is 6.41. The summed E-state index contributed by atoms with van der Waals surface area (Å²) in [6, 6.07) is 9.68. The molecule has 0 spiro atoms. The molecule has 0 N–H and O–H groups in total. The highest BCUT2D eigenvalue weighted by atomic mass is 35.5. The highest BCUT2D eigenvalue weighted by Gasteiger charge is 2.17.